The summed E-state index contributed by atoms with van der Waals surface area (Å²) in [6, 6.07) is 14.2. The molecule has 0 aromatic heterocycles. The van der Waals surface area contributed by atoms with Crippen LogP contribution in [0, 0.1) is 5.92 Å². The summed E-state index contributed by atoms with van der Waals surface area (Å²) in [5.74, 6) is 0.499. The average molecular weight is 306 g/mol. The van der Waals surface area contributed by atoms with Crippen molar-refractivity contribution in [1.82, 2.24) is 0 Å². The number of hydrogen-bond acceptors (Lipinski definition) is 3. The van der Waals surface area contributed by atoms with Gasteiger partial charge in [-0.25, -0.2) is 0 Å². The van der Waals surface area contributed by atoms with Crippen molar-refractivity contribution >= 4 is 17.9 Å². The van der Waals surface area contributed by atoms with Gasteiger partial charge in [-0.1, -0.05) is 49.7 Å². The van der Waals surface area contributed by atoms with Gasteiger partial charge in [0.15, 0.2) is 6.29 Å². The fourth-order valence-corrected chi connectivity index (χ4v) is 1.78. The Morgan fingerprint density at radius 2 is 1.67 bits per heavy atom. The van der Waals surface area contributed by atoms with Crippen LogP contribution >= 0.6 is 11.6 Å². The summed E-state index contributed by atoms with van der Waals surface area (Å²) in [4.78, 5) is 10.1. The van der Waals surface area contributed by atoms with Crippen molar-refractivity contribution in [2.45, 2.75) is 19.9 Å². The number of nitrogens with two attached hydrogens (primary N) is 1. The number of aldehydes is 1. The first-order chi connectivity index (χ1) is 9.95. The standard InChI is InChI=1S/C10H14ClN.C7H6O2/c1-7(2)10(12)8-3-5-9(11)6-4-8;8-5-6-3-1-2-4-7(6)9/h3-7,10H,12H2,1-2H3;1-5,9H. The molecule has 0 heterocycles. The highest BCUT2D eigenvalue weighted by molar-refractivity contribution is 6.30. The zero-order valence-corrected chi connectivity index (χ0v) is 12.9. The van der Waals surface area contributed by atoms with Crippen LogP contribution in [-0.2, 0) is 0 Å². The Bertz CT molecular complexity index is 567. The van der Waals surface area contributed by atoms with E-state index < -0.39 is 0 Å². The third kappa shape index (κ3) is 5.58. The molecule has 2 rings (SSSR count). The third-order valence-electron chi connectivity index (χ3n) is 3.04. The minimum absolute atomic E-state index is 0.0347. The first kappa shape index (κ1) is 17.2. The number of halogens is 1. The highest BCUT2D eigenvalue weighted by Crippen LogP contribution is 2.20. The number of aromatic hydroxyl groups is 1. The molecule has 0 spiro atoms. The maximum atomic E-state index is 10.1. The van der Waals surface area contributed by atoms with Gasteiger partial charge in [-0.2, -0.15) is 0 Å². The van der Waals surface area contributed by atoms with Crippen LogP contribution in [0.3, 0.4) is 0 Å². The molecule has 1 unspecified atom stereocenters. The van der Waals surface area contributed by atoms with Crippen molar-refractivity contribution in [1.29, 1.82) is 0 Å². The second kappa shape index (κ2) is 8.45. The lowest BCUT2D eigenvalue weighted by molar-refractivity contribution is 0.112. The molecule has 0 amide bonds. The molecule has 2 aromatic rings. The number of benzene rings is 2. The predicted octanol–water partition coefficient (Wildman–Crippen LogP) is 4.20. The van der Waals surface area contributed by atoms with Gasteiger partial charge in [0, 0.05) is 11.1 Å². The molecule has 21 heavy (non-hydrogen) atoms. The molecule has 1 atom stereocenters. The molecule has 0 saturated heterocycles. The third-order valence-corrected chi connectivity index (χ3v) is 3.29. The first-order valence-electron chi connectivity index (χ1n) is 6.70. The van der Waals surface area contributed by atoms with Gasteiger partial charge in [-0.3, -0.25) is 4.79 Å². The molecule has 3 nitrogen and oxygen atoms in total. The minimum atomic E-state index is 0.0347. The van der Waals surface area contributed by atoms with Gasteiger partial charge in [0.2, 0.25) is 0 Å². The van der Waals surface area contributed by atoms with Gasteiger partial charge in [0.25, 0.3) is 0 Å². The summed E-state index contributed by atoms with van der Waals surface area (Å²) < 4.78 is 0. The molecular weight excluding hydrogens is 286 g/mol. The van der Waals surface area contributed by atoms with Crippen molar-refractivity contribution < 1.29 is 9.90 Å². The number of rotatable bonds is 3. The highest BCUT2D eigenvalue weighted by atomic mass is 35.5. The summed E-state index contributed by atoms with van der Waals surface area (Å²) in [5.41, 5.74) is 7.42. The summed E-state index contributed by atoms with van der Waals surface area (Å²) in [5, 5.41) is 9.64. The predicted molar refractivity (Wildman–Crippen MR) is 86.7 cm³/mol. The number of carbonyl (C=O) groups excluding carboxylic acids is 1. The van der Waals surface area contributed by atoms with Crippen LogP contribution in [0.2, 0.25) is 5.02 Å². The molecule has 0 aliphatic rings. The van der Waals surface area contributed by atoms with E-state index in [1.807, 2.05) is 24.3 Å². The molecule has 2 aromatic carbocycles. The van der Waals surface area contributed by atoms with E-state index in [0.29, 0.717) is 17.8 Å². The van der Waals surface area contributed by atoms with Crippen molar-refractivity contribution in [2.24, 2.45) is 11.7 Å². The SMILES string of the molecule is CC(C)C(N)c1ccc(Cl)cc1.O=Cc1ccccc1O. The summed E-state index contributed by atoms with van der Waals surface area (Å²) >= 11 is 5.76. The number of hydrogen-bond donors (Lipinski definition) is 2. The Morgan fingerprint density at radius 1 is 1.10 bits per heavy atom. The van der Waals surface area contributed by atoms with E-state index in [1.165, 1.54) is 6.07 Å². The lowest BCUT2D eigenvalue weighted by Crippen LogP contribution is -2.16. The van der Waals surface area contributed by atoms with E-state index in [1.54, 1.807) is 18.2 Å². The zero-order chi connectivity index (χ0) is 15.8. The van der Waals surface area contributed by atoms with Crippen molar-refractivity contribution in [2.75, 3.05) is 0 Å². The maximum Gasteiger partial charge on any atom is 0.153 e. The van der Waals surface area contributed by atoms with Crippen LogP contribution in [-0.4, -0.2) is 11.4 Å². The number of phenols is 1. The molecule has 0 aliphatic heterocycles. The fraction of sp³-hybridized carbons (Fsp3) is 0.235. The molecule has 112 valence electrons. The van der Waals surface area contributed by atoms with Crippen molar-refractivity contribution in [3.8, 4) is 5.75 Å². The quantitative estimate of drug-likeness (QED) is 0.835. The monoisotopic (exact) mass is 305 g/mol. The normalized spacial score (nSPS) is 11.5. The number of para-hydroxylation sites is 1. The largest absolute Gasteiger partial charge is 0.507 e. The minimum Gasteiger partial charge on any atom is -0.507 e. The van der Waals surface area contributed by atoms with Gasteiger partial charge in [-0.05, 0) is 35.7 Å². The Kier molecular flexibility index (Phi) is 6.92. The Balaban J connectivity index is 0.000000219. The summed E-state index contributed by atoms with van der Waals surface area (Å²) in [7, 11) is 0. The van der Waals surface area contributed by atoms with E-state index >= 15 is 0 Å². The lowest BCUT2D eigenvalue weighted by atomic mass is 9.97. The zero-order valence-electron chi connectivity index (χ0n) is 12.2. The second-order valence-corrected chi connectivity index (χ2v) is 5.43. The van der Waals surface area contributed by atoms with E-state index in [9.17, 15) is 4.79 Å². The van der Waals surface area contributed by atoms with E-state index in [-0.39, 0.29) is 11.8 Å². The van der Waals surface area contributed by atoms with Crippen LogP contribution in [0.5, 0.6) is 5.75 Å². The smallest absolute Gasteiger partial charge is 0.153 e. The lowest BCUT2D eigenvalue weighted by Gasteiger charge is -2.15. The summed E-state index contributed by atoms with van der Waals surface area (Å²) in [6.45, 7) is 4.22. The Morgan fingerprint density at radius 3 is 2.10 bits per heavy atom. The van der Waals surface area contributed by atoms with Gasteiger partial charge in [0.1, 0.15) is 5.75 Å². The van der Waals surface area contributed by atoms with Crippen molar-refractivity contribution in [3.63, 3.8) is 0 Å². The van der Waals surface area contributed by atoms with Gasteiger partial charge in [0.05, 0.1) is 5.56 Å². The van der Waals surface area contributed by atoms with Crippen LogP contribution in [0.15, 0.2) is 48.5 Å². The topological polar surface area (TPSA) is 63.3 Å². The molecular formula is C17H20ClNO2. The van der Waals surface area contributed by atoms with Gasteiger partial charge < -0.3 is 10.8 Å². The first-order valence-corrected chi connectivity index (χ1v) is 7.07. The molecule has 0 aliphatic carbocycles. The van der Waals surface area contributed by atoms with Crippen LogP contribution in [0.4, 0.5) is 0 Å². The number of carbonyl (C=O) groups is 1. The Labute approximate surface area is 130 Å². The number of phenolic OH excluding ortho intramolecular Hbond substituents is 1. The molecule has 0 radical (unpaired) electrons. The highest BCUT2D eigenvalue weighted by Gasteiger charge is 2.09. The van der Waals surface area contributed by atoms with E-state index in [4.69, 9.17) is 22.4 Å². The second-order valence-electron chi connectivity index (χ2n) is 5.00. The van der Waals surface area contributed by atoms with Crippen LogP contribution in [0.25, 0.3) is 0 Å². The fourth-order valence-electron chi connectivity index (χ4n) is 1.66. The molecule has 0 fully saturated rings. The molecule has 0 bridgehead atoms. The average Bonchev–Trinajstić information content (AvgIpc) is 2.48. The van der Waals surface area contributed by atoms with Gasteiger partial charge in [-0.15, -0.1) is 0 Å². The summed E-state index contributed by atoms with van der Waals surface area (Å²) in [6.07, 6.45) is 0.620. The molecule has 3 N–H and O–H groups in total. The molecule has 4 heteroatoms. The van der Waals surface area contributed by atoms with E-state index in [0.717, 1.165) is 10.6 Å². The maximum absolute atomic E-state index is 10.1. The van der Waals surface area contributed by atoms with Crippen LogP contribution in [0.1, 0.15) is 35.8 Å². The van der Waals surface area contributed by atoms with E-state index in [2.05, 4.69) is 13.8 Å². The van der Waals surface area contributed by atoms with Crippen molar-refractivity contribution in [3.05, 3.63) is 64.7 Å². The van der Waals surface area contributed by atoms with Gasteiger partial charge >= 0.3 is 0 Å². The Hall–Kier alpha value is -1.84. The van der Waals surface area contributed by atoms with Crippen LogP contribution < -0.4 is 5.73 Å². The molecule has 0 saturated carbocycles.